The quantitative estimate of drug-likeness (QED) is 0.468. The minimum Gasteiger partial charge on any atom is -0.399 e. The summed E-state index contributed by atoms with van der Waals surface area (Å²) in [6.45, 7) is 0. The highest BCUT2D eigenvalue weighted by molar-refractivity contribution is 6.04. The van der Waals surface area contributed by atoms with Crippen molar-refractivity contribution in [1.82, 2.24) is 0 Å². The van der Waals surface area contributed by atoms with E-state index in [0.29, 0.717) is 0 Å². The first kappa shape index (κ1) is 13.6. The summed E-state index contributed by atoms with van der Waals surface area (Å²) in [6.07, 6.45) is 0. The van der Waals surface area contributed by atoms with Gasteiger partial charge in [-0.15, -0.1) is 0 Å². The first-order valence-corrected chi connectivity index (χ1v) is 7.76. The predicted octanol–water partition coefficient (Wildman–Crippen LogP) is 5.76. The minimum absolute atomic E-state index is 0.791. The van der Waals surface area contributed by atoms with Gasteiger partial charge in [0.05, 0.1) is 0 Å². The lowest BCUT2D eigenvalue weighted by atomic mass is 9.92. The topological polar surface area (TPSA) is 26.0 Å². The molecular weight excluding hydrogens is 278 g/mol. The van der Waals surface area contributed by atoms with Crippen molar-refractivity contribution in [1.29, 1.82) is 0 Å². The molecule has 0 aliphatic carbocycles. The van der Waals surface area contributed by atoms with Gasteiger partial charge in [0.2, 0.25) is 0 Å². The fourth-order valence-electron chi connectivity index (χ4n) is 3.08. The van der Waals surface area contributed by atoms with Crippen LogP contribution in [0.25, 0.3) is 33.0 Å². The lowest BCUT2D eigenvalue weighted by Gasteiger charge is -2.12. The normalized spacial score (nSPS) is 10.8. The zero-order valence-electron chi connectivity index (χ0n) is 12.7. The number of nitrogen functional groups attached to an aromatic ring is 1. The maximum absolute atomic E-state index is 5.82. The molecule has 0 spiro atoms. The maximum Gasteiger partial charge on any atom is 0.0314 e. The SMILES string of the molecule is Nc1ccc(-c2ccc(-c3ccccc3)c3ccccc23)cc1. The highest BCUT2D eigenvalue weighted by Gasteiger charge is 2.08. The Labute approximate surface area is 136 Å². The number of nitrogens with two attached hydrogens (primary N) is 1. The van der Waals surface area contributed by atoms with Gasteiger partial charge in [-0.05, 0) is 45.2 Å². The van der Waals surface area contributed by atoms with Crippen LogP contribution in [0.4, 0.5) is 5.69 Å². The second-order valence-corrected chi connectivity index (χ2v) is 5.69. The molecule has 4 rings (SSSR count). The average molecular weight is 295 g/mol. The van der Waals surface area contributed by atoms with Crippen LogP contribution in [0.1, 0.15) is 0 Å². The predicted molar refractivity (Wildman–Crippen MR) is 99.2 cm³/mol. The third kappa shape index (κ3) is 2.47. The summed E-state index contributed by atoms with van der Waals surface area (Å²) in [5.74, 6) is 0. The van der Waals surface area contributed by atoms with E-state index in [4.69, 9.17) is 5.73 Å². The van der Waals surface area contributed by atoms with Gasteiger partial charge in [0.15, 0.2) is 0 Å². The lowest BCUT2D eigenvalue weighted by Crippen LogP contribution is -1.87. The fraction of sp³-hybridized carbons (Fsp3) is 0. The molecule has 4 aromatic carbocycles. The van der Waals surface area contributed by atoms with Gasteiger partial charge < -0.3 is 5.73 Å². The van der Waals surface area contributed by atoms with Crippen molar-refractivity contribution in [2.45, 2.75) is 0 Å². The van der Waals surface area contributed by atoms with Crippen molar-refractivity contribution in [3.63, 3.8) is 0 Å². The summed E-state index contributed by atoms with van der Waals surface area (Å²) in [5, 5.41) is 2.53. The van der Waals surface area contributed by atoms with Crippen LogP contribution in [-0.4, -0.2) is 0 Å². The lowest BCUT2D eigenvalue weighted by molar-refractivity contribution is 1.62. The molecule has 1 nitrogen and oxygen atoms in total. The van der Waals surface area contributed by atoms with Crippen molar-refractivity contribution in [3.05, 3.63) is 91.0 Å². The van der Waals surface area contributed by atoms with Crippen molar-refractivity contribution in [3.8, 4) is 22.3 Å². The van der Waals surface area contributed by atoms with Crippen molar-refractivity contribution in [2.24, 2.45) is 0 Å². The molecule has 4 aromatic rings. The van der Waals surface area contributed by atoms with Crippen LogP contribution in [0.2, 0.25) is 0 Å². The largest absolute Gasteiger partial charge is 0.399 e. The van der Waals surface area contributed by atoms with E-state index >= 15 is 0 Å². The van der Waals surface area contributed by atoms with Gasteiger partial charge in [-0.2, -0.15) is 0 Å². The Bertz CT molecular complexity index is 954. The van der Waals surface area contributed by atoms with E-state index in [1.54, 1.807) is 0 Å². The Morgan fingerprint density at radius 1 is 0.435 bits per heavy atom. The van der Waals surface area contributed by atoms with E-state index in [1.165, 1.54) is 33.0 Å². The molecule has 0 unspecified atom stereocenters. The molecule has 0 fully saturated rings. The van der Waals surface area contributed by atoms with Gasteiger partial charge in [0.25, 0.3) is 0 Å². The van der Waals surface area contributed by atoms with E-state index < -0.39 is 0 Å². The standard InChI is InChI=1S/C22H17N/c23-18-12-10-17(11-13-18)20-15-14-19(16-6-2-1-3-7-16)21-8-4-5-9-22(20)21/h1-15H,23H2. The van der Waals surface area contributed by atoms with Crippen molar-refractivity contribution in [2.75, 3.05) is 5.73 Å². The molecular formula is C22H17N. The van der Waals surface area contributed by atoms with Gasteiger partial charge in [-0.1, -0.05) is 78.9 Å². The summed E-state index contributed by atoms with van der Waals surface area (Å²) in [6, 6.07) is 31.6. The van der Waals surface area contributed by atoms with E-state index in [2.05, 4.69) is 78.9 Å². The first-order valence-electron chi connectivity index (χ1n) is 7.76. The number of benzene rings is 4. The second kappa shape index (κ2) is 5.62. The smallest absolute Gasteiger partial charge is 0.0314 e. The molecule has 0 aliphatic rings. The van der Waals surface area contributed by atoms with Crippen LogP contribution in [0.15, 0.2) is 91.0 Å². The molecule has 0 amide bonds. The molecule has 110 valence electrons. The molecule has 0 bridgehead atoms. The van der Waals surface area contributed by atoms with Crippen LogP contribution in [-0.2, 0) is 0 Å². The fourth-order valence-corrected chi connectivity index (χ4v) is 3.08. The Kier molecular flexibility index (Phi) is 3.32. The van der Waals surface area contributed by atoms with E-state index in [1.807, 2.05) is 12.1 Å². The summed E-state index contributed by atoms with van der Waals surface area (Å²) in [7, 11) is 0. The van der Waals surface area contributed by atoms with Crippen molar-refractivity contribution < 1.29 is 0 Å². The Morgan fingerprint density at radius 2 is 0.913 bits per heavy atom. The van der Waals surface area contributed by atoms with Gasteiger partial charge in [0, 0.05) is 5.69 Å². The second-order valence-electron chi connectivity index (χ2n) is 5.69. The number of rotatable bonds is 2. The zero-order valence-corrected chi connectivity index (χ0v) is 12.7. The minimum atomic E-state index is 0.791. The third-order valence-corrected chi connectivity index (χ3v) is 4.23. The van der Waals surface area contributed by atoms with Crippen molar-refractivity contribution >= 4 is 16.5 Å². The van der Waals surface area contributed by atoms with E-state index in [0.717, 1.165) is 5.69 Å². The van der Waals surface area contributed by atoms with Crippen LogP contribution in [0, 0.1) is 0 Å². The molecule has 0 heterocycles. The van der Waals surface area contributed by atoms with Crippen LogP contribution < -0.4 is 5.73 Å². The molecule has 0 saturated carbocycles. The molecule has 23 heavy (non-hydrogen) atoms. The highest BCUT2D eigenvalue weighted by atomic mass is 14.5. The molecule has 0 saturated heterocycles. The molecule has 0 radical (unpaired) electrons. The van der Waals surface area contributed by atoms with Crippen LogP contribution in [0.5, 0.6) is 0 Å². The summed E-state index contributed by atoms with van der Waals surface area (Å²) >= 11 is 0. The Hall–Kier alpha value is -3.06. The molecule has 1 heteroatoms. The molecule has 0 aliphatic heterocycles. The highest BCUT2D eigenvalue weighted by Crippen LogP contribution is 2.35. The molecule has 0 aromatic heterocycles. The van der Waals surface area contributed by atoms with Crippen LogP contribution in [0.3, 0.4) is 0 Å². The number of hydrogen-bond donors (Lipinski definition) is 1. The monoisotopic (exact) mass is 295 g/mol. The summed E-state index contributed by atoms with van der Waals surface area (Å²) < 4.78 is 0. The van der Waals surface area contributed by atoms with Gasteiger partial charge in [0.1, 0.15) is 0 Å². The maximum atomic E-state index is 5.82. The molecule has 2 N–H and O–H groups in total. The first-order chi connectivity index (χ1) is 11.3. The average Bonchev–Trinajstić information content (AvgIpc) is 2.62. The Balaban J connectivity index is 1.97. The number of anilines is 1. The van der Waals surface area contributed by atoms with Gasteiger partial charge in [-0.25, -0.2) is 0 Å². The summed E-state index contributed by atoms with van der Waals surface area (Å²) in [5.41, 5.74) is 11.5. The number of fused-ring (bicyclic) bond motifs is 1. The Morgan fingerprint density at radius 3 is 1.48 bits per heavy atom. The third-order valence-electron chi connectivity index (χ3n) is 4.23. The van der Waals surface area contributed by atoms with E-state index in [-0.39, 0.29) is 0 Å². The van der Waals surface area contributed by atoms with Gasteiger partial charge in [-0.3, -0.25) is 0 Å². The van der Waals surface area contributed by atoms with Gasteiger partial charge >= 0.3 is 0 Å². The van der Waals surface area contributed by atoms with Crippen LogP contribution >= 0.6 is 0 Å². The zero-order chi connectivity index (χ0) is 15.6. The van der Waals surface area contributed by atoms with E-state index in [9.17, 15) is 0 Å². The number of hydrogen-bond acceptors (Lipinski definition) is 1. The molecule has 0 atom stereocenters. The summed E-state index contributed by atoms with van der Waals surface area (Å²) in [4.78, 5) is 0.